The Kier molecular flexibility index (Phi) is 4.20. The molecule has 1 N–H and O–H groups in total. The molecule has 1 aliphatic rings. The van der Waals surface area contributed by atoms with E-state index in [1.165, 1.54) is 0 Å². The first kappa shape index (κ1) is 12.9. The molecule has 2 rings (SSSR count). The molecule has 1 aromatic rings. The third-order valence-corrected chi connectivity index (χ3v) is 3.48. The molecule has 0 atom stereocenters. The van der Waals surface area contributed by atoms with Crippen LogP contribution in [0.15, 0.2) is 24.3 Å². The summed E-state index contributed by atoms with van der Waals surface area (Å²) in [5, 5.41) is 3.04. The lowest BCUT2D eigenvalue weighted by molar-refractivity contribution is 0.0362. The Morgan fingerprint density at radius 3 is 2.44 bits per heavy atom. The Balaban J connectivity index is 2.04. The van der Waals surface area contributed by atoms with E-state index in [0.29, 0.717) is 6.04 Å². The zero-order chi connectivity index (χ0) is 13.0. The van der Waals surface area contributed by atoms with Gasteiger partial charge in [-0.2, -0.15) is 0 Å². The standard InChI is InChI=1S/C14H20N2O2/c1-15-12-5-3-11(4-6-12)14(17)16(2)13-7-9-18-10-8-13/h3-6,13,15H,7-10H2,1-2H3. The molecule has 0 radical (unpaired) electrons. The fourth-order valence-electron chi connectivity index (χ4n) is 2.22. The summed E-state index contributed by atoms with van der Waals surface area (Å²) >= 11 is 0. The molecule has 0 unspecified atom stereocenters. The van der Waals surface area contributed by atoms with Gasteiger partial charge >= 0.3 is 0 Å². The zero-order valence-corrected chi connectivity index (χ0v) is 11.0. The Morgan fingerprint density at radius 2 is 1.89 bits per heavy atom. The van der Waals surface area contributed by atoms with E-state index < -0.39 is 0 Å². The highest BCUT2D eigenvalue weighted by Gasteiger charge is 2.23. The van der Waals surface area contributed by atoms with Gasteiger partial charge in [-0.1, -0.05) is 0 Å². The number of anilines is 1. The van der Waals surface area contributed by atoms with Gasteiger partial charge in [-0.15, -0.1) is 0 Å². The first-order chi connectivity index (χ1) is 8.72. The van der Waals surface area contributed by atoms with E-state index in [4.69, 9.17) is 4.74 Å². The summed E-state index contributed by atoms with van der Waals surface area (Å²) in [6.45, 7) is 1.50. The molecule has 0 spiro atoms. The topological polar surface area (TPSA) is 41.6 Å². The van der Waals surface area contributed by atoms with Gasteiger partial charge in [0, 0.05) is 44.6 Å². The van der Waals surface area contributed by atoms with Crippen molar-refractivity contribution in [2.24, 2.45) is 0 Å². The van der Waals surface area contributed by atoms with Crippen LogP contribution in [0.5, 0.6) is 0 Å². The van der Waals surface area contributed by atoms with Crippen molar-refractivity contribution in [3.8, 4) is 0 Å². The Labute approximate surface area is 108 Å². The van der Waals surface area contributed by atoms with E-state index in [0.717, 1.165) is 37.3 Å². The average molecular weight is 248 g/mol. The van der Waals surface area contributed by atoms with Crippen LogP contribution in [0, 0.1) is 0 Å². The zero-order valence-electron chi connectivity index (χ0n) is 11.0. The minimum atomic E-state index is 0.0875. The van der Waals surface area contributed by atoms with Crippen LogP contribution in [0.1, 0.15) is 23.2 Å². The number of carbonyl (C=O) groups excluding carboxylic acids is 1. The minimum Gasteiger partial charge on any atom is -0.388 e. The van der Waals surface area contributed by atoms with Crippen LogP contribution in [-0.2, 0) is 4.74 Å². The largest absolute Gasteiger partial charge is 0.388 e. The van der Waals surface area contributed by atoms with Crippen molar-refractivity contribution in [2.75, 3.05) is 32.6 Å². The lowest BCUT2D eigenvalue weighted by Crippen LogP contribution is -2.40. The molecular formula is C14H20N2O2. The number of hydrogen-bond donors (Lipinski definition) is 1. The van der Waals surface area contributed by atoms with Gasteiger partial charge in [0.05, 0.1) is 0 Å². The van der Waals surface area contributed by atoms with Gasteiger partial charge in [0.25, 0.3) is 5.91 Å². The van der Waals surface area contributed by atoms with Crippen molar-refractivity contribution in [3.05, 3.63) is 29.8 Å². The molecule has 1 amide bonds. The first-order valence-electron chi connectivity index (χ1n) is 6.35. The molecule has 0 aliphatic carbocycles. The van der Waals surface area contributed by atoms with Gasteiger partial charge in [-0.05, 0) is 37.1 Å². The predicted molar refractivity (Wildman–Crippen MR) is 71.9 cm³/mol. The van der Waals surface area contributed by atoms with Crippen LogP contribution in [-0.4, -0.2) is 44.2 Å². The molecule has 1 fully saturated rings. The number of ether oxygens (including phenoxy) is 1. The van der Waals surface area contributed by atoms with E-state index in [-0.39, 0.29) is 5.91 Å². The van der Waals surface area contributed by atoms with Gasteiger partial charge in [0.15, 0.2) is 0 Å². The second kappa shape index (κ2) is 5.87. The van der Waals surface area contributed by atoms with Gasteiger partial charge in [0.1, 0.15) is 0 Å². The van der Waals surface area contributed by atoms with Crippen LogP contribution in [0.25, 0.3) is 0 Å². The van der Waals surface area contributed by atoms with E-state index in [9.17, 15) is 4.79 Å². The molecular weight excluding hydrogens is 228 g/mol. The molecule has 1 saturated heterocycles. The summed E-state index contributed by atoms with van der Waals surface area (Å²) in [7, 11) is 3.75. The lowest BCUT2D eigenvalue weighted by Gasteiger charge is -2.31. The van der Waals surface area contributed by atoms with Crippen molar-refractivity contribution in [1.82, 2.24) is 4.90 Å². The molecule has 0 bridgehead atoms. The second-order valence-electron chi connectivity index (χ2n) is 4.59. The Morgan fingerprint density at radius 1 is 1.28 bits per heavy atom. The molecule has 1 aromatic carbocycles. The maximum Gasteiger partial charge on any atom is 0.253 e. The first-order valence-corrected chi connectivity index (χ1v) is 6.35. The third kappa shape index (κ3) is 2.82. The number of hydrogen-bond acceptors (Lipinski definition) is 3. The minimum absolute atomic E-state index is 0.0875. The van der Waals surface area contributed by atoms with Gasteiger partial charge in [-0.3, -0.25) is 4.79 Å². The van der Waals surface area contributed by atoms with E-state index in [1.54, 1.807) is 0 Å². The monoisotopic (exact) mass is 248 g/mol. The predicted octanol–water partition coefficient (Wildman–Crippen LogP) is 1.98. The maximum atomic E-state index is 12.3. The SMILES string of the molecule is CNc1ccc(C(=O)N(C)C2CCOCC2)cc1. The summed E-state index contributed by atoms with van der Waals surface area (Å²) in [5.41, 5.74) is 1.75. The number of nitrogens with one attached hydrogen (secondary N) is 1. The normalized spacial score (nSPS) is 16.3. The highest BCUT2D eigenvalue weighted by molar-refractivity contribution is 5.94. The fourth-order valence-corrected chi connectivity index (χ4v) is 2.22. The molecule has 4 heteroatoms. The number of rotatable bonds is 3. The molecule has 4 nitrogen and oxygen atoms in total. The second-order valence-corrected chi connectivity index (χ2v) is 4.59. The molecule has 0 aromatic heterocycles. The summed E-state index contributed by atoms with van der Waals surface area (Å²) in [6.07, 6.45) is 1.85. The lowest BCUT2D eigenvalue weighted by atomic mass is 10.1. The quantitative estimate of drug-likeness (QED) is 0.889. The molecule has 18 heavy (non-hydrogen) atoms. The van der Waals surface area contributed by atoms with Crippen LogP contribution < -0.4 is 5.32 Å². The molecule has 1 aliphatic heterocycles. The van der Waals surface area contributed by atoms with Gasteiger partial charge in [0.2, 0.25) is 0 Å². The smallest absolute Gasteiger partial charge is 0.253 e. The van der Waals surface area contributed by atoms with Crippen LogP contribution >= 0.6 is 0 Å². The van der Waals surface area contributed by atoms with Crippen LogP contribution in [0.4, 0.5) is 5.69 Å². The molecule has 98 valence electrons. The number of benzene rings is 1. The van der Waals surface area contributed by atoms with Crippen LogP contribution in [0.3, 0.4) is 0 Å². The van der Waals surface area contributed by atoms with Crippen molar-refractivity contribution in [3.63, 3.8) is 0 Å². The number of amides is 1. The van der Waals surface area contributed by atoms with Crippen molar-refractivity contribution < 1.29 is 9.53 Å². The maximum absolute atomic E-state index is 12.3. The van der Waals surface area contributed by atoms with E-state index >= 15 is 0 Å². The van der Waals surface area contributed by atoms with Gasteiger partial charge < -0.3 is 15.0 Å². The summed E-state index contributed by atoms with van der Waals surface area (Å²) < 4.78 is 5.32. The van der Waals surface area contributed by atoms with E-state index in [1.807, 2.05) is 43.3 Å². The summed E-state index contributed by atoms with van der Waals surface area (Å²) in [4.78, 5) is 14.2. The van der Waals surface area contributed by atoms with Crippen molar-refractivity contribution in [1.29, 1.82) is 0 Å². The van der Waals surface area contributed by atoms with E-state index in [2.05, 4.69) is 5.32 Å². The fraction of sp³-hybridized carbons (Fsp3) is 0.500. The van der Waals surface area contributed by atoms with Crippen LogP contribution in [0.2, 0.25) is 0 Å². The molecule has 0 saturated carbocycles. The van der Waals surface area contributed by atoms with Gasteiger partial charge in [-0.25, -0.2) is 0 Å². The highest BCUT2D eigenvalue weighted by Crippen LogP contribution is 2.17. The Bertz CT molecular complexity index is 397. The highest BCUT2D eigenvalue weighted by atomic mass is 16.5. The third-order valence-electron chi connectivity index (χ3n) is 3.48. The number of nitrogens with zero attached hydrogens (tertiary/aromatic N) is 1. The van der Waals surface area contributed by atoms with Crippen molar-refractivity contribution in [2.45, 2.75) is 18.9 Å². The molecule has 1 heterocycles. The van der Waals surface area contributed by atoms with Crippen molar-refractivity contribution >= 4 is 11.6 Å². The average Bonchev–Trinajstić information content (AvgIpc) is 2.47. The Hall–Kier alpha value is -1.55. The number of carbonyl (C=O) groups is 1. The summed E-state index contributed by atoms with van der Waals surface area (Å²) in [6, 6.07) is 7.87. The summed E-state index contributed by atoms with van der Waals surface area (Å²) in [5.74, 6) is 0.0875.